The lowest BCUT2D eigenvalue weighted by Crippen LogP contribution is -2.32. The first kappa shape index (κ1) is 11.9. The minimum absolute atomic E-state index is 0.558. The first-order chi connectivity index (χ1) is 5.52. The topological polar surface area (TPSA) is 49.4 Å². The second-order valence-corrected chi connectivity index (χ2v) is 4.69. The zero-order chi connectivity index (χ0) is 9.61. The van der Waals surface area contributed by atoms with Crippen molar-refractivity contribution in [1.29, 1.82) is 0 Å². The van der Waals surface area contributed by atoms with E-state index in [1.165, 1.54) is 10.6 Å². The summed E-state index contributed by atoms with van der Waals surface area (Å²) in [5.41, 5.74) is 0. The van der Waals surface area contributed by atoms with Gasteiger partial charge in [-0.1, -0.05) is 6.92 Å². The highest BCUT2D eigenvalue weighted by Gasteiger charge is 2.12. The molecule has 0 aromatic heterocycles. The molecule has 0 spiro atoms. The molecule has 0 heterocycles. The Balaban J connectivity index is 3.85. The van der Waals surface area contributed by atoms with Crippen LogP contribution in [0.4, 0.5) is 0 Å². The van der Waals surface area contributed by atoms with Crippen LogP contribution in [-0.2, 0) is 10.0 Å². The largest absolute Gasteiger partial charge is 0.320 e. The molecule has 0 saturated carbocycles. The number of hydrogen-bond acceptors (Lipinski definition) is 3. The average molecular weight is 194 g/mol. The fourth-order valence-corrected chi connectivity index (χ4v) is 1.92. The molecule has 5 heteroatoms. The van der Waals surface area contributed by atoms with E-state index in [0.717, 1.165) is 13.0 Å². The van der Waals surface area contributed by atoms with E-state index in [1.54, 1.807) is 0 Å². The van der Waals surface area contributed by atoms with E-state index < -0.39 is 10.0 Å². The standard InChI is InChI=1S/C7H18N2O2S/c1-4-9(12(3,10)11)7-5-6-8-2/h8H,4-7H2,1-3H3. The van der Waals surface area contributed by atoms with E-state index in [9.17, 15) is 8.42 Å². The number of nitrogens with one attached hydrogen (secondary N) is 1. The van der Waals surface area contributed by atoms with Crippen molar-refractivity contribution in [1.82, 2.24) is 9.62 Å². The van der Waals surface area contributed by atoms with Crippen LogP contribution in [0.25, 0.3) is 0 Å². The van der Waals surface area contributed by atoms with Gasteiger partial charge in [0.15, 0.2) is 0 Å². The van der Waals surface area contributed by atoms with Crippen LogP contribution < -0.4 is 5.32 Å². The van der Waals surface area contributed by atoms with Crippen molar-refractivity contribution in [3.05, 3.63) is 0 Å². The normalized spacial score (nSPS) is 12.3. The molecular weight excluding hydrogens is 176 g/mol. The van der Waals surface area contributed by atoms with Gasteiger partial charge in [0.2, 0.25) is 10.0 Å². The molecule has 4 nitrogen and oxygen atoms in total. The minimum atomic E-state index is -2.99. The molecule has 0 aliphatic heterocycles. The molecule has 0 aliphatic carbocycles. The third-order valence-corrected chi connectivity index (χ3v) is 3.03. The van der Waals surface area contributed by atoms with Gasteiger partial charge >= 0.3 is 0 Å². The summed E-state index contributed by atoms with van der Waals surface area (Å²) in [7, 11) is -1.13. The van der Waals surface area contributed by atoms with E-state index >= 15 is 0 Å². The third kappa shape index (κ3) is 4.69. The van der Waals surface area contributed by atoms with E-state index in [1.807, 2.05) is 14.0 Å². The zero-order valence-corrected chi connectivity index (χ0v) is 8.82. The smallest absolute Gasteiger partial charge is 0.211 e. The summed E-state index contributed by atoms with van der Waals surface area (Å²) < 4.78 is 23.6. The molecular formula is C7H18N2O2S. The fraction of sp³-hybridized carbons (Fsp3) is 1.00. The quantitative estimate of drug-likeness (QED) is 0.600. The van der Waals surface area contributed by atoms with E-state index in [4.69, 9.17) is 0 Å². The summed E-state index contributed by atoms with van der Waals surface area (Å²) in [5, 5.41) is 2.98. The lowest BCUT2D eigenvalue weighted by molar-refractivity contribution is 0.422. The summed E-state index contributed by atoms with van der Waals surface area (Å²) in [5.74, 6) is 0. The molecule has 0 aliphatic rings. The lowest BCUT2D eigenvalue weighted by Gasteiger charge is -2.17. The average Bonchev–Trinajstić information content (AvgIpc) is 1.95. The molecule has 12 heavy (non-hydrogen) atoms. The second kappa shape index (κ2) is 5.50. The van der Waals surface area contributed by atoms with Gasteiger partial charge in [-0.15, -0.1) is 0 Å². The lowest BCUT2D eigenvalue weighted by atomic mass is 10.4. The van der Waals surface area contributed by atoms with Crippen LogP contribution in [0.1, 0.15) is 13.3 Å². The molecule has 0 aromatic carbocycles. The van der Waals surface area contributed by atoms with Crippen molar-refractivity contribution < 1.29 is 8.42 Å². The molecule has 1 N–H and O–H groups in total. The van der Waals surface area contributed by atoms with Crippen LogP contribution in [0, 0.1) is 0 Å². The predicted octanol–water partition coefficient (Wildman–Crippen LogP) is -0.123. The van der Waals surface area contributed by atoms with Gasteiger partial charge in [0.1, 0.15) is 0 Å². The molecule has 74 valence electrons. The maximum atomic E-state index is 11.1. The molecule has 0 unspecified atom stereocenters. The molecule has 0 bridgehead atoms. The van der Waals surface area contributed by atoms with Crippen LogP contribution in [0.5, 0.6) is 0 Å². The Morgan fingerprint density at radius 2 is 2.00 bits per heavy atom. The van der Waals surface area contributed by atoms with Gasteiger partial charge in [0.25, 0.3) is 0 Å². The first-order valence-electron chi connectivity index (χ1n) is 4.12. The molecule has 0 rings (SSSR count). The second-order valence-electron chi connectivity index (χ2n) is 2.71. The summed E-state index contributed by atoms with van der Waals surface area (Å²) >= 11 is 0. The Labute approximate surface area is 75.0 Å². The fourth-order valence-electron chi connectivity index (χ4n) is 0.991. The van der Waals surface area contributed by atoms with Gasteiger partial charge in [-0.3, -0.25) is 0 Å². The number of sulfonamides is 1. The van der Waals surface area contributed by atoms with Crippen LogP contribution in [0.2, 0.25) is 0 Å². The number of hydrogen-bond donors (Lipinski definition) is 1. The van der Waals surface area contributed by atoms with Crippen LogP contribution >= 0.6 is 0 Å². The van der Waals surface area contributed by atoms with Crippen LogP contribution in [-0.4, -0.2) is 45.7 Å². The van der Waals surface area contributed by atoms with Crippen LogP contribution in [0.15, 0.2) is 0 Å². The number of nitrogens with zero attached hydrogens (tertiary/aromatic N) is 1. The van der Waals surface area contributed by atoms with Crippen molar-refractivity contribution >= 4 is 10.0 Å². The van der Waals surface area contributed by atoms with E-state index in [2.05, 4.69) is 5.32 Å². The van der Waals surface area contributed by atoms with Gasteiger partial charge in [0.05, 0.1) is 6.26 Å². The highest BCUT2D eigenvalue weighted by atomic mass is 32.2. The molecule has 0 radical (unpaired) electrons. The van der Waals surface area contributed by atoms with Crippen molar-refractivity contribution in [3.8, 4) is 0 Å². The number of rotatable bonds is 6. The van der Waals surface area contributed by atoms with Crippen LogP contribution in [0.3, 0.4) is 0 Å². The molecule has 0 atom stereocenters. The molecule has 0 amide bonds. The Hall–Kier alpha value is -0.130. The molecule has 0 fully saturated rings. The Morgan fingerprint density at radius 3 is 2.33 bits per heavy atom. The van der Waals surface area contributed by atoms with E-state index in [-0.39, 0.29) is 0 Å². The Morgan fingerprint density at radius 1 is 1.42 bits per heavy atom. The minimum Gasteiger partial charge on any atom is -0.320 e. The van der Waals surface area contributed by atoms with Gasteiger partial charge in [-0.25, -0.2) is 12.7 Å². The zero-order valence-electron chi connectivity index (χ0n) is 8.00. The highest BCUT2D eigenvalue weighted by molar-refractivity contribution is 7.88. The van der Waals surface area contributed by atoms with Gasteiger partial charge in [0, 0.05) is 13.1 Å². The van der Waals surface area contributed by atoms with E-state index in [0.29, 0.717) is 13.1 Å². The predicted molar refractivity (Wildman–Crippen MR) is 50.6 cm³/mol. The third-order valence-electron chi connectivity index (χ3n) is 1.66. The highest BCUT2D eigenvalue weighted by Crippen LogP contribution is 1.97. The molecule has 0 aromatic rings. The van der Waals surface area contributed by atoms with Gasteiger partial charge < -0.3 is 5.32 Å². The monoisotopic (exact) mass is 194 g/mol. The first-order valence-corrected chi connectivity index (χ1v) is 5.97. The van der Waals surface area contributed by atoms with Gasteiger partial charge in [-0.2, -0.15) is 0 Å². The van der Waals surface area contributed by atoms with Crippen molar-refractivity contribution in [2.75, 3.05) is 32.9 Å². The van der Waals surface area contributed by atoms with Crippen molar-refractivity contribution in [2.24, 2.45) is 0 Å². The summed E-state index contributed by atoms with van der Waals surface area (Å²) in [4.78, 5) is 0. The molecule has 0 saturated heterocycles. The maximum absolute atomic E-state index is 11.1. The van der Waals surface area contributed by atoms with Gasteiger partial charge in [-0.05, 0) is 20.0 Å². The Kier molecular flexibility index (Phi) is 5.44. The SMILES string of the molecule is CCN(CCCNC)S(C)(=O)=O. The Bertz CT molecular complexity index is 201. The van der Waals surface area contributed by atoms with Crippen molar-refractivity contribution in [3.63, 3.8) is 0 Å². The van der Waals surface area contributed by atoms with Crippen molar-refractivity contribution in [2.45, 2.75) is 13.3 Å². The summed E-state index contributed by atoms with van der Waals surface area (Å²) in [6.45, 7) is 3.87. The maximum Gasteiger partial charge on any atom is 0.211 e. The summed E-state index contributed by atoms with van der Waals surface area (Å²) in [6, 6.07) is 0. The summed E-state index contributed by atoms with van der Waals surface area (Å²) in [6.07, 6.45) is 2.10.